The van der Waals surface area contributed by atoms with E-state index >= 15 is 0 Å². The van der Waals surface area contributed by atoms with E-state index in [2.05, 4.69) is 17.2 Å². The zero-order valence-corrected chi connectivity index (χ0v) is 10.4. The molecular formula is C12H16N2O2S. The molecule has 0 aliphatic rings. The summed E-state index contributed by atoms with van der Waals surface area (Å²) in [7, 11) is 0. The van der Waals surface area contributed by atoms with Gasteiger partial charge >= 0.3 is 0 Å². The molecule has 0 radical (unpaired) electrons. The van der Waals surface area contributed by atoms with Gasteiger partial charge in [0.15, 0.2) is 0 Å². The van der Waals surface area contributed by atoms with Crippen LogP contribution in [0.25, 0.3) is 0 Å². The van der Waals surface area contributed by atoms with E-state index < -0.39 is 0 Å². The zero-order valence-electron chi connectivity index (χ0n) is 9.57. The molecule has 0 fully saturated rings. The van der Waals surface area contributed by atoms with Crippen molar-refractivity contribution in [2.24, 2.45) is 0 Å². The average molecular weight is 252 g/mol. The quantitative estimate of drug-likeness (QED) is 0.571. The van der Waals surface area contributed by atoms with Gasteiger partial charge in [-0.1, -0.05) is 6.08 Å². The monoisotopic (exact) mass is 252 g/mol. The standard InChI is InChI=1S/C12H16N2O2S/c1-2-3-6-13-11(15)4-7-14-12(16)10-5-8-17-9-10/h2,5,8-9H,1,3-4,6-7H2,(H,13,15)(H,14,16). The van der Waals surface area contributed by atoms with Crippen LogP contribution in [-0.2, 0) is 4.79 Å². The topological polar surface area (TPSA) is 58.2 Å². The predicted molar refractivity (Wildman–Crippen MR) is 69.1 cm³/mol. The molecule has 4 nitrogen and oxygen atoms in total. The first kappa shape index (κ1) is 13.4. The van der Waals surface area contributed by atoms with E-state index in [4.69, 9.17) is 0 Å². The van der Waals surface area contributed by atoms with Crippen molar-refractivity contribution in [2.45, 2.75) is 12.8 Å². The Balaban J connectivity index is 2.13. The third-order valence-corrected chi connectivity index (χ3v) is 2.77. The number of rotatable bonds is 7. The Morgan fingerprint density at radius 3 is 2.82 bits per heavy atom. The highest BCUT2D eigenvalue weighted by atomic mass is 32.1. The summed E-state index contributed by atoms with van der Waals surface area (Å²) < 4.78 is 0. The Morgan fingerprint density at radius 2 is 2.18 bits per heavy atom. The minimum atomic E-state index is -0.134. The highest BCUT2D eigenvalue weighted by Crippen LogP contribution is 2.04. The second-order valence-corrected chi connectivity index (χ2v) is 4.23. The van der Waals surface area contributed by atoms with Gasteiger partial charge in [-0.3, -0.25) is 9.59 Å². The molecule has 0 bridgehead atoms. The van der Waals surface area contributed by atoms with Gasteiger partial charge < -0.3 is 10.6 Å². The first-order chi connectivity index (χ1) is 8.24. The smallest absolute Gasteiger partial charge is 0.252 e. The van der Waals surface area contributed by atoms with Gasteiger partial charge in [0.05, 0.1) is 0 Å². The molecule has 0 saturated carbocycles. The molecule has 1 rings (SSSR count). The maximum absolute atomic E-state index is 11.5. The lowest BCUT2D eigenvalue weighted by atomic mass is 10.3. The van der Waals surface area contributed by atoms with E-state index in [0.717, 1.165) is 6.42 Å². The number of carbonyl (C=O) groups is 2. The molecule has 1 heterocycles. The second-order valence-electron chi connectivity index (χ2n) is 3.45. The molecule has 2 amide bonds. The number of hydrogen-bond acceptors (Lipinski definition) is 3. The first-order valence-electron chi connectivity index (χ1n) is 5.42. The van der Waals surface area contributed by atoms with Gasteiger partial charge in [-0.2, -0.15) is 11.3 Å². The maximum atomic E-state index is 11.5. The van der Waals surface area contributed by atoms with Crippen molar-refractivity contribution in [1.82, 2.24) is 10.6 Å². The van der Waals surface area contributed by atoms with Gasteiger partial charge in [0.2, 0.25) is 5.91 Å². The van der Waals surface area contributed by atoms with Crippen LogP contribution >= 0.6 is 11.3 Å². The average Bonchev–Trinajstić information content (AvgIpc) is 2.82. The van der Waals surface area contributed by atoms with Gasteiger partial charge in [-0.25, -0.2) is 0 Å². The van der Waals surface area contributed by atoms with E-state index in [1.165, 1.54) is 11.3 Å². The van der Waals surface area contributed by atoms with Gasteiger partial charge in [0.1, 0.15) is 0 Å². The number of carbonyl (C=O) groups excluding carboxylic acids is 2. The molecule has 0 spiro atoms. The van der Waals surface area contributed by atoms with Crippen LogP contribution in [0.3, 0.4) is 0 Å². The van der Waals surface area contributed by atoms with Crippen LogP contribution in [0, 0.1) is 0 Å². The van der Waals surface area contributed by atoms with Crippen LogP contribution in [0.2, 0.25) is 0 Å². The molecule has 17 heavy (non-hydrogen) atoms. The molecule has 92 valence electrons. The van der Waals surface area contributed by atoms with E-state index in [1.807, 2.05) is 5.38 Å². The van der Waals surface area contributed by atoms with Crippen molar-refractivity contribution in [3.63, 3.8) is 0 Å². The van der Waals surface area contributed by atoms with Crippen LogP contribution < -0.4 is 10.6 Å². The molecule has 1 aromatic rings. The molecule has 5 heteroatoms. The molecule has 0 aromatic carbocycles. The fourth-order valence-electron chi connectivity index (χ4n) is 1.19. The fraction of sp³-hybridized carbons (Fsp3) is 0.333. The molecule has 0 atom stereocenters. The molecule has 1 aromatic heterocycles. The molecule has 0 aliphatic heterocycles. The summed E-state index contributed by atoms with van der Waals surface area (Å²) >= 11 is 1.47. The van der Waals surface area contributed by atoms with Crippen molar-refractivity contribution in [2.75, 3.05) is 13.1 Å². The fourth-order valence-corrected chi connectivity index (χ4v) is 1.82. The number of amides is 2. The second kappa shape index (κ2) is 7.62. The summed E-state index contributed by atoms with van der Waals surface area (Å²) in [6.07, 6.45) is 2.80. The third-order valence-electron chi connectivity index (χ3n) is 2.09. The van der Waals surface area contributed by atoms with Crippen molar-refractivity contribution >= 4 is 23.2 Å². The summed E-state index contributed by atoms with van der Waals surface area (Å²) in [5.74, 6) is -0.192. The maximum Gasteiger partial charge on any atom is 0.252 e. The summed E-state index contributed by atoms with van der Waals surface area (Å²) in [6, 6.07) is 1.75. The number of nitrogens with one attached hydrogen (secondary N) is 2. The van der Waals surface area contributed by atoms with Crippen LogP contribution in [0.4, 0.5) is 0 Å². The summed E-state index contributed by atoms with van der Waals surface area (Å²) in [4.78, 5) is 22.8. The Kier molecular flexibility index (Phi) is 6.03. The minimum absolute atomic E-state index is 0.0579. The van der Waals surface area contributed by atoms with Crippen molar-refractivity contribution in [3.05, 3.63) is 35.0 Å². The van der Waals surface area contributed by atoms with Crippen LogP contribution in [0.15, 0.2) is 29.5 Å². The van der Waals surface area contributed by atoms with E-state index in [0.29, 0.717) is 25.1 Å². The van der Waals surface area contributed by atoms with Gasteiger partial charge in [-0.05, 0) is 17.9 Å². The lowest BCUT2D eigenvalue weighted by Gasteiger charge is -2.04. The zero-order chi connectivity index (χ0) is 12.5. The number of hydrogen-bond donors (Lipinski definition) is 2. The van der Waals surface area contributed by atoms with Crippen molar-refractivity contribution in [1.29, 1.82) is 0 Å². The van der Waals surface area contributed by atoms with Gasteiger partial charge in [0, 0.05) is 30.5 Å². The molecule has 0 saturated heterocycles. The Labute approximate surface area is 105 Å². The lowest BCUT2D eigenvalue weighted by molar-refractivity contribution is -0.120. The molecule has 0 aliphatic carbocycles. The van der Waals surface area contributed by atoms with Crippen molar-refractivity contribution in [3.8, 4) is 0 Å². The summed E-state index contributed by atoms with van der Waals surface area (Å²) in [5, 5.41) is 9.05. The lowest BCUT2D eigenvalue weighted by Crippen LogP contribution is -2.30. The Hall–Kier alpha value is -1.62. The van der Waals surface area contributed by atoms with Crippen LogP contribution in [0.1, 0.15) is 23.2 Å². The number of thiophene rings is 1. The molecule has 2 N–H and O–H groups in total. The van der Waals surface area contributed by atoms with Gasteiger partial charge in [-0.15, -0.1) is 6.58 Å². The van der Waals surface area contributed by atoms with Gasteiger partial charge in [0.25, 0.3) is 5.91 Å². The highest BCUT2D eigenvalue weighted by molar-refractivity contribution is 7.08. The largest absolute Gasteiger partial charge is 0.356 e. The van der Waals surface area contributed by atoms with Crippen molar-refractivity contribution < 1.29 is 9.59 Å². The molecule has 0 unspecified atom stereocenters. The molecular weight excluding hydrogens is 236 g/mol. The SMILES string of the molecule is C=CCCNC(=O)CCNC(=O)c1ccsc1. The Bertz CT molecular complexity index is 374. The predicted octanol–water partition coefficient (Wildman–Crippen LogP) is 1.56. The summed E-state index contributed by atoms with van der Waals surface area (Å²) in [6.45, 7) is 4.52. The van der Waals surface area contributed by atoms with Crippen LogP contribution in [0.5, 0.6) is 0 Å². The minimum Gasteiger partial charge on any atom is -0.356 e. The first-order valence-corrected chi connectivity index (χ1v) is 6.36. The van der Waals surface area contributed by atoms with Crippen LogP contribution in [-0.4, -0.2) is 24.9 Å². The van der Waals surface area contributed by atoms with E-state index in [1.54, 1.807) is 17.5 Å². The summed E-state index contributed by atoms with van der Waals surface area (Å²) in [5.41, 5.74) is 0.641. The van der Waals surface area contributed by atoms with E-state index in [9.17, 15) is 9.59 Å². The normalized spacial score (nSPS) is 9.65. The Morgan fingerprint density at radius 1 is 1.35 bits per heavy atom. The van der Waals surface area contributed by atoms with E-state index in [-0.39, 0.29) is 11.8 Å². The highest BCUT2D eigenvalue weighted by Gasteiger charge is 2.06. The third kappa shape index (κ3) is 5.31.